The van der Waals surface area contributed by atoms with Crippen molar-refractivity contribution in [2.75, 3.05) is 11.9 Å². The molecule has 0 aliphatic rings. The van der Waals surface area contributed by atoms with Crippen molar-refractivity contribution in [3.8, 4) is 5.75 Å². The van der Waals surface area contributed by atoms with Gasteiger partial charge in [0.1, 0.15) is 18.1 Å². The first-order valence-corrected chi connectivity index (χ1v) is 6.71. The van der Waals surface area contributed by atoms with Gasteiger partial charge in [-0.2, -0.15) is 13.2 Å². The smallest absolute Gasteiger partial charge is 0.433 e. The van der Waals surface area contributed by atoms with E-state index < -0.39 is 11.9 Å². The van der Waals surface area contributed by atoms with E-state index in [0.717, 1.165) is 17.8 Å². The monoisotopic (exact) mass is 311 g/mol. The Morgan fingerprint density at radius 1 is 1.27 bits per heavy atom. The van der Waals surface area contributed by atoms with Gasteiger partial charge in [-0.25, -0.2) is 9.97 Å². The van der Waals surface area contributed by atoms with Gasteiger partial charge < -0.3 is 10.1 Å². The number of aromatic nitrogens is 2. The Morgan fingerprint density at radius 3 is 2.73 bits per heavy atom. The third-order valence-corrected chi connectivity index (χ3v) is 2.81. The lowest BCUT2D eigenvalue weighted by atomic mass is 10.2. The summed E-state index contributed by atoms with van der Waals surface area (Å²) in [4.78, 5) is 7.23. The summed E-state index contributed by atoms with van der Waals surface area (Å²) in [5.74, 6) is 0.633. The molecule has 1 N–H and O–H groups in total. The minimum absolute atomic E-state index is 0.0739. The van der Waals surface area contributed by atoms with Gasteiger partial charge in [0.2, 0.25) is 5.95 Å². The van der Waals surface area contributed by atoms with Gasteiger partial charge in [0.05, 0.1) is 6.04 Å². The molecule has 1 aromatic heterocycles. The molecular weight excluding hydrogens is 295 g/mol. The predicted molar refractivity (Wildman–Crippen MR) is 76.8 cm³/mol. The van der Waals surface area contributed by atoms with E-state index in [4.69, 9.17) is 4.74 Å². The molecule has 7 heteroatoms. The minimum Gasteiger partial charge on any atom is -0.491 e. The fourth-order valence-corrected chi connectivity index (χ4v) is 1.77. The summed E-state index contributed by atoms with van der Waals surface area (Å²) < 4.78 is 43.3. The van der Waals surface area contributed by atoms with Crippen molar-refractivity contribution in [2.45, 2.75) is 26.1 Å². The van der Waals surface area contributed by atoms with Gasteiger partial charge >= 0.3 is 6.18 Å². The van der Waals surface area contributed by atoms with Crippen LogP contribution in [0.2, 0.25) is 0 Å². The summed E-state index contributed by atoms with van der Waals surface area (Å²) in [7, 11) is 0. The molecule has 1 aromatic carbocycles. The van der Waals surface area contributed by atoms with E-state index in [9.17, 15) is 13.2 Å². The highest BCUT2D eigenvalue weighted by atomic mass is 19.4. The van der Waals surface area contributed by atoms with Gasteiger partial charge in [0.15, 0.2) is 0 Å². The molecule has 0 aliphatic carbocycles. The number of nitrogens with zero attached hydrogens (tertiary/aromatic N) is 2. The highest BCUT2D eigenvalue weighted by Crippen LogP contribution is 2.27. The second-order valence-electron chi connectivity index (χ2n) is 4.94. The van der Waals surface area contributed by atoms with Crippen LogP contribution in [-0.4, -0.2) is 22.6 Å². The molecule has 0 amide bonds. The number of hydrogen-bond acceptors (Lipinski definition) is 4. The Balaban J connectivity index is 1.93. The number of rotatable bonds is 5. The first kappa shape index (κ1) is 16.1. The van der Waals surface area contributed by atoms with Crippen molar-refractivity contribution < 1.29 is 17.9 Å². The van der Waals surface area contributed by atoms with Gasteiger partial charge in [-0.3, -0.25) is 0 Å². The molecule has 4 nitrogen and oxygen atoms in total. The van der Waals surface area contributed by atoms with Gasteiger partial charge in [0, 0.05) is 6.20 Å². The van der Waals surface area contributed by atoms with Crippen LogP contribution in [-0.2, 0) is 6.18 Å². The number of aryl methyl sites for hydroxylation is 1. The first-order valence-electron chi connectivity index (χ1n) is 6.71. The maximum atomic E-state index is 12.6. The zero-order chi connectivity index (χ0) is 16.2. The SMILES string of the molecule is Cc1cccc(OCC(C)Nc2nccc(C(F)(F)F)n2)c1. The molecule has 2 aromatic rings. The van der Waals surface area contributed by atoms with Gasteiger partial charge in [-0.1, -0.05) is 12.1 Å². The summed E-state index contributed by atoms with van der Waals surface area (Å²) in [6.45, 7) is 4.01. The van der Waals surface area contributed by atoms with E-state index in [1.165, 1.54) is 0 Å². The number of alkyl halides is 3. The van der Waals surface area contributed by atoms with Crippen molar-refractivity contribution >= 4 is 5.95 Å². The van der Waals surface area contributed by atoms with Crippen LogP contribution in [0.5, 0.6) is 5.75 Å². The second-order valence-corrected chi connectivity index (χ2v) is 4.94. The zero-order valence-electron chi connectivity index (χ0n) is 12.2. The average molecular weight is 311 g/mol. The highest BCUT2D eigenvalue weighted by Gasteiger charge is 2.32. The number of halogens is 3. The molecule has 0 saturated heterocycles. The maximum Gasteiger partial charge on any atom is 0.433 e. The van der Waals surface area contributed by atoms with Crippen molar-refractivity contribution in [1.29, 1.82) is 0 Å². The molecule has 1 heterocycles. The molecule has 0 aliphatic heterocycles. The van der Waals surface area contributed by atoms with Crippen LogP contribution in [0.1, 0.15) is 18.2 Å². The molecular formula is C15H16F3N3O. The molecule has 1 unspecified atom stereocenters. The lowest BCUT2D eigenvalue weighted by molar-refractivity contribution is -0.141. The van der Waals surface area contributed by atoms with Crippen LogP contribution in [0.15, 0.2) is 36.5 Å². The average Bonchev–Trinajstić information content (AvgIpc) is 2.45. The van der Waals surface area contributed by atoms with E-state index >= 15 is 0 Å². The summed E-state index contributed by atoms with van der Waals surface area (Å²) in [5.41, 5.74) is 0.0936. The number of hydrogen-bond donors (Lipinski definition) is 1. The van der Waals surface area contributed by atoms with E-state index in [-0.39, 0.29) is 18.6 Å². The zero-order valence-corrected chi connectivity index (χ0v) is 12.2. The molecule has 0 radical (unpaired) electrons. The number of benzene rings is 1. The van der Waals surface area contributed by atoms with Crippen molar-refractivity contribution in [3.05, 3.63) is 47.8 Å². The predicted octanol–water partition coefficient (Wildman–Crippen LogP) is 3.68. The van der Waals surface area contributed by atoms with Gasteiger partial charge in [0.25, 0.3) is 0 Å². The summed E-state index contributed by atoms with van der Waals surface area (Å²) in [5, 5.41) is 2.79. The quantitative estimate of drug-likeness (QED) is 0.915. The van der Waals surface area contributed by atoms with Gasteiger partial charge in [-0.05, 0) is 37.6 Å². The Kier molecular flexibility index (Phi) is 4.85. The maximum absolute atomic E-state index is 12.6. The summed E-state index contributed by atoms with van der Waals surface area (Å²) in [6.07, 6.45) is -3.41. The number of anilines is 1. The normalized spacial score (nSPS) is 12.8. The third kappa shape index (κ3) is 4.61. The molecule has 0 bridgehead atoms. The Morgan fingerprint density at radius 2 is 2.05 bits per heavy atom. The Bertz CT molecular complexity index is 631. The van der Waals surface area contributed by atoms with E-state index in [0.29, 0.717) is 5.75 Å². The topological polar surface area (TPSA) is 47.0 Å². The van der Waals surface area contributed by atoms with E-state index in [1.807, 2.05) is 31.2 Å². The molecule has 118 valence electrons. The number of ether oxygens (including phenoxy) is 1. The van der Waals surface area contributed by atoms with Crippen molar-refractivity contribution in [1.82, 2.24) is 9.97 Å². The molecule has 2 rings (SSSR count). The molecule has 22 heavy (non-hydrogen) atoms. The number of nitrogens with one attached hydrogen (secondary N) is 1. The third-order valence-electron chi connectivity index (χ3n) is 2.81. The first-order chi connectivity index (χ1) is 10.3. The van der Waals surface area contributed by atoms with Crippen LogP contribution < -0.4 is 10.1 Å². The Hall–Kier alpha value is -2.31. The van der Waals surface area contributed by atoms with Crippen LogP contribution in [0.4, 0.5) is 19.1 Å². The lowest BCUT2D eigenvalue weighted by Crippen LogP contribution is -2.25. The molecule has 0 fully saturated rings. The second kappa shape index (κ2) is 6.64. The van der Waals surface area contributed by atoms with Crippen molar-refractivity contribution in [2.24, 2.45) is 0 Å². The molecule has 0 saturated carbocycles. The fraction of sp³-hybridized carbons (Fsp3) is 0.333. The standard InChI is InChI=1S/C15H16F3N3O/c1-10-4-3-5-12(8-10)22-9-11(2)20-14-19-7-6-13(21-14)15(16,17)18/h3-8,11H,9H2,1-2H3,(H,19,20,21). The highest BCUT2D eigenvalue weighted by molar-refractivity contribution is 5.29. The fourth-order valence-electron chi connectivity index (χ4n) is 1.77. The van der Waals surface area contributed by atoms with E-state index in [1.54, 1.807) is 6.92 Å². The Labute approximate surface area is 126 Å². The van der Waals surface area contributed by atoms with Crippen LogP contribution in [0, 0.1) is 6.92 Å². The van der Waals surface area contributed by atoms with Crippen molar-refractivity contribution in [3.63, 3.8) is 0 Å². The molecule has 1 atom stereocenters. The van der Waals surface area contributed by atoms with Crippen LogP contribution in [0.3, 0.4) is 0 Å². The van der Waals surface area contributed by atoms with E-state index in [2.05, 4.69) is 15.3 Å². The minimum atomic E-state index is -4.49. The van der Waals surface area contributed by atoms with Crippen LogP contribution >= 0.6 is 0 Å². The summed E-state index contributed by atoms with van der Waals surface area (Å²) in [6, 6.07) is 8.11. The lowest BCUT2D eigenvalue weighted by Gasteiger charge is -2.16. The summed E-state index contributed by atoms with van der Waals surface area (Å²) >= 11 is 0. The van der Waals surface area contributed by atoms with Gasteiger partial charge in [-0.15, -0.1) is 0 Å². The van der Waals surface area contributed by atoms with Crippen LogP contribution in [0.25, 0.3) is 0 Å². The largest absolute Gasteiger partial charge is 0.491 e. The molecule has 0 spiro atoms.